The van der Waals surface area contributed by atoms with E-state index in [1.54, 1.807) is 25.4 Å². The van der Waals surface area contributed by atoms with Crippen molar-refractivity contribution < 1.29 is 19.1 Å². The molecule has 2 amide bonds. The van der Waals surface area contributed by atoms with Gasteiger partial charge in [-0.15, -0.1) is 11.3 Å². The first-order chi connectivity index (χ1) is 25.3. The minimum absolute atomic E-state index is 0.00953. The lowest BCUT2D eigenvalue weighted by molar-refractivity contribution is -0.132. The summed E-state index contributed by atoms with van der Waals surface area (Å²) in [6, 6.07) is 6.11. The number of nitrogens with zero attached hydrogens (tertiary/aromatic N) is 2. The van der Waals surface area contributed by atoms with Crippen molar-refractivity contribution in [3.8, 4) is 16.5 Å². The number of pyridine rings is 1. The average molecular weight is 754 g/mol. The van der Waals surface area contributed by atoms with Crippen LogP contribution < -0.4 is 20.6 Å². The van der Waals surface area contributed by atoms with E-state index >= 15 is 0 Å². The summed E-state index contributed by atoms with van der Waals surface area (Å²) in [4.78, 5) is 51.7. The lowest BCUT2D eigenvalue weighted by Crippen LogP contribution is -2.34. The molecule has 3 fully saturated rings. The zero-order chi connectivity index (χ0) is 37.9. The van der Waals surface area contributed by atoms with Crippen LogP contribution in [-0.4, -0.2) is 65.0 Å². The summed E-state index contributed by atoms with van der Waals surface area (Å²) >= 11 is 3.02. The first-order valence-corrected chi connectivity index (χ1v) is 20.5. The van der Waals surface area contributed by atoms with Crippen molar-refractivity contribution in [2.75, 3.05) is 13.7 Å². The molecule has 1 saturated heterocycles. The number of aromatic amines is 1. The summed E-state index contributed by atoms with van der Waals surface area (Å²) in [5.41, 5.74) is 8.54. The van der Waals surface area contributed by atoms with E-state index in [2.05, 4.69) is 45.6 Å². The number of amides is 2. The van der Waals surface area contributed by atoms with Crippen LogP contribution in [-0.2, 0) is 14.4 Å². The first-order valence-electron chi connectivity index (χ1n) is 18.8. The Kier molecular flexibility index (Phi) is 19.2. The molecule has 2 saturated carbocycles. The first kappa shape index (κ1) is 42.9. The van der Waals surface area contributed by atoms with Crippen molar-refractivity contribution in [2.45, 2.75) is 122 Å². The number of ether oxygens (including phenoxy) is 1. The summed E-state index contributed by atoms with van der Waals surface area (Å²) in [6.45, 7) is 9.30. The van der Waals surface area contributed by atoms with Gasteiger partial charge in [-0.25, -0.2) is 4.98 Å². The quantitative estimate of drug-likeness (QED) is 0.0578. The van der Waals surface area contributed by atoms with Gasteiger partial charge in [0.2, 0.25) is 12.3 Å². The van der Waals surface area contributed by atoms with Gasteiger partial charge in [0.15, 0.2) is 5.43 Å². The summed E-state index contributed by atoms with van der Waals surface area (Å²) < 4.78 is 7.83. The van der Waals surface area contributed by atoms with Crippen molar-refractivity contribution in [1.29, 1.82) is 0 Å². The molecule has 4 atom stereocenters. The number of nitrogens with one attached hydrogen (secondary N) is 2. The largest absolute Gasteiger partial charge is 0.496 e. The minimum Gasteiger partial charge on any atom is -0.496 e. The molecule has 286 valence electrons. The number of allylic oxidation sites excluding steroid dienone is 2. The van der Waals surface area contributed by atoms with Gasteiger partial charge in [0.1, 0.15) is 17.5 Å². The maximum absolute atomic E-state index is 12.2. The van der Waals surface area contributed by atoms with E-state index in [0.29, 0.717) is 23.4 Å². The molecule has 6 rings (SSSR count). The Morgan fingerprint density at radius 2 is 1.98 bits per heavy atom. The summed E-state index contributed by atoms with van der Waals surface area (Å²) in [5.74, 6) is 2.66. The van der Waals surface area contributed by atoms with Gasteiger partial charge < -0.3 is 29.9 Å². The number of fused-ring (bicyclic) bond motifs is 1. The fourth-order valence-electron chi connectivity index (χ4n) is 6.59. The number of unbranched alkanes of at least 4 members (excludes halogenated alkanes) is 4. The lowest BCUT2D eigenvalue weighted by atomic mass is 10.1. The molecule has 3 unspecified atom stereocenters. The highest BCUT2D eigenvalue weighted by molar-refractivity contribution is 7.98. The second-order valence-electron chi connectivity index (χ2n) is 13.6. The number of carbonyl (C=O) groups is 3. The molecule has 10 nitrogen and oxygen atoms in total. The van der Waals surface area contributed by atoms with Gasteiger partial charge in [-0.05, 0) is 107 Å². The molecule has 2 aromatic heterocycles. The van der Waals surface area contributed by atoms with Crippen LogP contribution in [0.2, 0.25) is 0 Å². The van der Waals surface area contributed by atoms with Crippen LogP contribution in [0.25, 0.3) is 21.6 Å². The second kappa shape index (κ2) is 23.2. The third kappa shape index (κ3) is 13.5. The molecule has 0 spiro atoms. The molecule has 0 radical (unpaired) electrons. The zero-order valence-corrected chi connectivity index (χ0v) is 33.1. The SMILES string of the molecule is C=O.CCC(N)C1C[C@H]1/C=C\CCCCCCC(=O)N1CCCC1CC.COc1ccc2c(=O)cc(-c3nccs3)[nH]c2c1C.O=CNSC1CC1. The Hall–Kier alpha value is -3.48. The molecule has 3 heterocycles. The standard InChI is InChI=1S/C21H38N2O.C14H12N2O2S.C4H7NOS.CH2O/c1-3-18-13-11-15-23(18)21(24)14-10-8-6-5-7-9-12-17-16-19(17)20(22)4-2;1-8-12(18-2)4-3-9-11(17)7-10(16-13(8)9)14-15-5-6-19-14;6-3-5-7-4-1-2-4;1-2/h9,12,17-20H,3-8,10-11,13-16,22H2,1-2H3;3-7H,1-2H3,(H,16,17);3-4H,1-2H2,(H,5,6);1H2/b12-9-;;;/t17-,18?,19?,20?;;;/m1.../s1. The monoisotopic (exact) mass is 753 g/mol. The lowest BCUT2D eigenvalue weighted by Gasteiger charge is -2.23. The zero-order valence-electron chi connectivity index (χ0n) is 31.4. The molecular weight excluding hydrogens is 695 g/mol. The summed E-state index contributed by atoms with van der Waals surface area (Å²) in [5, 5.41) is 4.08. The molecule has 1 aromatic carbocycles. The van der Waals surface area contributed by atoms with Crippen molar-refractivity contribution in [1.82, 2.24) is 19.6 Å². The van der Waals surface area contributed by atoms with Crippen LogP contribution in [0.1, 0.15) is 103 Å². The van der Waals surface area contributed by atoms with Gasteiger partial charge in [-0.1, -0.05) is 38.8 Å². The van der Waals surface area contributed by atoms with E-state index in [1.807, 2.05) is 25.2 Å². The van der Waals surface area contributed by atoms with Crippen molar-refractivity contribution in [2.24, 2.45) is 17.6 Å². The van der Waals surface area contributed by atoms with Crippen LogP contribution in [0.3, 0.4) is 0 Å². The number of hydrogen-bond donors (Lipinski definition) is 3. The van der Waals surface area contributed by atoms with E-state index in [9.17, 15) is 14.4 Å². The molecule has 52 heavy (non-hydrogen) atoms. The highest BCUT2D eigenvalue weighted by Crippen LogP contribution is 2.42. The van der Waals surface area contributed by atoms with E-state index < -0.39 is 0 Å². The number of rotatable bonds is 16. The maximum Gasteiger partial charge on any atom is 0.222 e. The number of methoxy groups -OCH3 is 1. The molecule has 1 aliphatic heterocycles. The van der Waals surface area contributed by atoms with Gasteiger partial charge in [0.25, 0.3) is 0 Å². The number of nitrogens with two attached hydrogens (primary N) is 1. The normalized spacial score (nSPS) is 19.4. The van der Waals surface area contributed by atoms with E-state index in [0.717, 1.165) is 83.3 Å². The van der Waals surface area contributed by atoms with Crippen LogP contribution in [0, 0.1) is 18.8 Å². The molecule has 3 aromatic rings. The number of H-pyrrole nitrogens is 1. The van der Waals surface area contributed by atoms with Crippen LogP contribution in [0.5, 0.6) is 5.75 Å². The predicted octanol–water partition coefficient (Wildman–Crippen LogP) is 7.98. The Labute approximate surface area is 317 Å². The summed E-state index contributed by atoms with van der Waals surface area (Å²) in [7, 11) is 1.62. The Balaban J connectivity index is 0.000000230. The second-order valence-corrected chi connectivity index (χ2v) is 15.6. The smallest absolute Gasteiger partial charge is 0.222 e. The third-order valence-corrected chi connectivity index (χ3v) is 11.7. The van der Waals surface area contributed by atoms with E-state index in [-0.39, 0.29) is 5.43 Å². The van der Waals surface area contributed by atoms with Gasteiger partial charge in [-0.3, -0.25) is 14.4 Å². The number of aryl methyl sites for hydroxylation is 1. The Morgan fingerprint density at radius 3 is 2.63 bits per heavy atom. The van der Waals surface area contributed by atoms with Gasteiger partial charge in [-0.2, -0.15) is 0 Å². The fourth-order valence-corrected chi connectivity index (χ4v) is 7.82. The number of benzene rings is 1. The highest BCUT2D eigenvalue weighted by atomic mass is 32.2. The molecule has 2 aliphatic carbocycles. The van der Waals surface area contributed by atoms with Crippen molar-refractivity contribution >= 4 is 53.3 Å². The van der Waals surface area contributed by atoms with Crippen LogP contribution in [0.4, 0.5) is 0 Å². The minimum atomic E-state index is -0.00953. The number of thiazole rings is 1. The molecule has 4 N–H and O–H groups in total. The molecular formula is C40H59N5O5S2. The number of carbonyl (C=O) groups excluding carboxylic acids is 3. The Bertz CT molecular complexity index is 1590. The van der Waals surface area contributed by atoms with Gasteiger partial charge in [0, 0.05) is 58.9 Å². The molecule has 12 heteroatoms. The topological polar surface area (TPSA) is 147 Å². The van der Waals surface area contributed by atoms with Crippen molar-refractivity contribution in [3.63, 3.8) is 0 Å². The van der Waals surface area contributed by atoms with Crippen molar-refractivity contribution in [3.05, 3.63) is 57.7 Å². The highest BCUT2D eigenvalue weighted by Gasteiger charge is 2.38. The van der Waals surface area contributed by atoms with Crippen LogP contribution in [0.15, 0.2) is 46.7 Å². The van der Waals surface area contributed by atoms with Gasteiger partial charge in [0.05, 0.1) is 18.3 Å². The molecule has 0 bridgehead atoms. The number of likely N-dealkylation sites (tertiary alicyclic amines) is 1. The Morgan fingerprint density at radius 1 is 1.21 bits per heavy atom. The maximum atomic E-state index is 12.2. The fraction of sp³-hybridized carbons (Fsp3) is 0.575. The predicted molar refractivity (Wildman–Crippen MR) is 216 cm³/mol. The average Bonchev–Trinajstić information content (AvgIpc) is 4.03. The summed E-state index contributed by atoms with van der Waals surface area (Å²) in [6.07, 6.45) is 22.3. The van der Waals surface area contributed by atoms with Crippen LogP contribution >= 0.6 is 23.3 Å². The number of aromatic nitrogens is 2. The number of hydrogen-bond acceptors (Lipinski definition) is 9. The van der Waals surface area contributed by atoms with Gasteiger partial charge >= 0.3 is 0 Å². The third-order valence-electron chi connectivity index (χ3n) is 9.88. The van der Waals surface area contributed by atoms with E-state index in [1.165, 1.54) is 81.1 Å². The van der Waals surface area contributed by atoms with E-state index in [4.69, 9.17) is 15.3 Å². The molecule has 3 aliphatic rings.